The third-order valence-corrected chi connectivity index (χ3v) is 11.0. The molecule has 0 heterocycles. The molecule has 167 valence electrons. The molecule has 0 spiro atoms. The first-order valence-electron chi connectivity index (χ1n) is 11.6. The molecule has 2 aromatic rings. The average Bonchev–Trinajstić information content (AvgIpc) is 3.10. The van der Waals surface area contributed by atoms with Crippen molar-refractivity contribution < 1.29 is 49.5 Å². The molecule has 0 fully saturated rings. The number of rotatable bonds is 12. The number of halogens is 2. The summed E-state index contributed by atoms with van der Waals surface area (Å²) in [5, 5.41) is 1.81. The summed E-state index contributed by atoms with van der Waals surface area (Å²) < 4.78 is 0.685. The van der Waals surface area contributed by atoms with Gasteiger partial charge in [0, 0.05) is 0 Å². The smallest absolute Gasteiger partial charge is 1.00 e. The van der Waals surface area contributed by atoms with Crippen molar-refractivity contribution in [1.29, 1.82) is 0 Å². The minimum absolute atomic E-state index is 0. The molecule has 0 saturated carbocycles. The maximum atomic E-state index is 2.63. The Morgan fingerprint density at radius 2 is 1.35 bits per heavy atom. The van der Waals surface area contributed by atoms with E-state index in [1.165, 1.54) is 80.4 Å². The molecule has 3 rings (SSSR count). The minimum atomic E-state index is 0. The Balaban J connectivity index is 0.00000240. The van der Waals surface area contributed by atoms with Crippen LogP contribution < -0.4 is 24.8 Å². The molecule has 0 radical (unpaired) electrons. The van der Waals surface area contributed by atoms with Gasteiger partial charge in [0.25, 0.3) is 0 Å². The predicted octanol–water partition coefficient (Wildman–Crippen LogP) is 2.95. The number of allylic oxidation sites excluding steroid dienone is 1. The second-order valence-electron chi connectivity index (χ2n) is 8.29. The third kappa shape index (κ3) is 8.11. The van der Waals surface area contributed by atoms with E-state index < -0.39 is 0 Å². The summed E-state index contributed by atoms with van der Waals surface area (Å²) in [6.07, 6.45) is 16.7. The van der Waals surface area contributed by atoms with Crippen LogP contribution in [0.1, 0.15) is 80.0 Å². The predicted molar refractivity (Wildman–Crippen MR) is 128 cm³/mol. The molecule has 1 aliphatic rings. The molecular weight excluding hydrogens is 517 g/mol. The van der Waals surface area contributed by atoms with Gasteiger partial charge in [0.05, 0.1) is 0 Å². The monoisotopic (exact) mass is 551 g/mol. The van der Waals surface area contributed by atoms with E-state index in [9.17, 15) is 0 Å². The Hall–Kier alpha value is 0.0731. The van der Waals surface area contributed by atoms with Crippen LogP contribution in [-0.4, -0.2) is 12.3 Å². The van der Waals surface area contributed by atoms with Crippen LogP contribution in [0.3, 0.4) is 0 Å². The summed E-state index contributed by atoms with van der Waals surface area (Å²) in [6.45, 7) is 4.64. The molecule has 1 aliphatic carbocycles. The molecular formula is C27H36Cl2PZr. The van der Waals surface area contributed by atoms with Crippen molar-refractivity contribution in [2.24, 2.45) is 0 Å². The summed E-state index contributed by atoms with van der Waals surface area (Å²) in [5.41, 5.74) is 5.90. The fourth-order valence-electron chi connectivity index (χ4n) is 4.36. The second-order valence-corrected chi connectivity index (χ2v) is 12.2. The molecule has 1 unspecified atom stereocenters. The van der Waals surface area contributed by atoms with Gasteiger partial charge in [-0.1, -0.05) is 0 Å². The number of benzene rings is 2. The van der Waals surface area contributed by atoms with E-state index in [2.05, 4.69) is 68.5 Å². The SMILES string of the molecule is CCCCCCP(CCCCCC)C1=Cc2c(-c3ccccc3)cccc2[CH]1[Zr+2].[Cl-].[Cl-]. The van der Waals surface area contributed by atoms with Gasteiger partial charge in [-0.2, -0.15) is 0 Å². The quantitative estimate of drug-likeness (QED) is 0.280. The van der Waals surface area contributed by atoms with E-state index >= 15 is 0 Å². The number of hydrogen-bond donors (Lipinski definition) is 0. The van der Waals surface area contributed by atoms with Crippen molar-refractivity contribution in [3.05, 3.63) is 65.0 Å². The third-order valence-electron chi connectivity index (χ3n) is 6.05. The summed E-state index contributed by atoms with van der Waals surface area (Å²) in [7, 11) is 0.0216. The van der Waals surface area contributed by atoms with Crippen LogP contribution >= 0.6 is 7.92 Å². The summed E-state index contributed by atoms with van der Waals surface area (Å²) in [6, 6.07) is 18.0. The standard InChI is InChI=1S/C27H36P.2ClH.Zr/c1-3-5-7-12-19-28(20-13-8-6-4-2)25-21-24-17-14-18-26(27(24)22-25)23-15-10-9-11-16-23;;;/h9-11,14-18,21-22H,3-8,12-13,19-20H2,1-2H3;2*1H;/q;;;+2/p-2. The van der Waals surface area contributed by atoms with Crippen LogP contribution in [0.25, 0.3) is 17.2 Å². The molecule has 0 N–H and O–H groups in total. The van der Waals surface area contributed by atoms with Gasteiger partial charge in [0.15, 0.2) is 0 Å². The zero-order valence-corrected chi connectivity index (χ0v) is 23.9. The van der Waals surface area contributed by atoms with Crippen LogP contribution in [0.5, 0.6) is 0 Å². The Kier molecular flexibility index (Phi) is 14.9. The minimum Gasteiger partial charge on any atom is -1.00 e. The summed E-state index contributed by atoms with van der Waals surface area (Å²) in [5.74, 6) is 0. The van der Waals surface area contributed by atoms with E-state index in [1.54, 1.807) is 30.3 Å². The Labute approximate surface area is 219 Å². The topological polar surface area (TPSA) is 0 Å². The Bertz CT molecular complexity index is 779. The second kappa shape index (κ2) is 15.8. The molecule has 4 heteroatoms. The fourth-order valence-corrected chi connectivity index (χ4v) is 9.30. The Morgan fingerprint density at radius 1 is 0.742 bits per heavy atom. The maximum absolute atomic E-state index is 2.63. The van der Waals surface area contributed by atoms with E-state index in [1.807, 2.05) is 5.31 Å². The number of fused-ring (bicyclic) bond motifs is 1. The molecule has 0 bridgehead atoms. The first kappa shape index (κ1) is 29.1. The van der Waals surface area contributed by atoms with Crippen molar-refractivity contribution in [2.75, 3.05) is 12.3 Å². The summed E-state index contributed by atoms with van der Waals surface area (Å²) >= 11 is 1.67. The van der Waals surface area contributed by atoms with Gasteiger partial charge in [-0.3, -0.25) is 0 Å². The van der Waals surface area contributed by atoms with Crippen molar-refractivity contribution >= 4 is 14.0 Å². The first-order valence-corrected chi connectivity index (χ1v) is 14.7. The van der Waals surface area contributed by atoms with Crippen LogP contribution in [-0.2, 0) is 24.7 Å². The molecule has 0 amide bonds. The molecule has 0 aliphatic heterocycles. The Morgan fingerprint density at radius 3 is 1.94 bits per heavy atom. The van der Waals surface area contributed by atoms with E-state index in [4.69, 9.17) is 0 Å². The molecule has 31 heavy (non-hydrogen) atoms. The van der Waals surface area contributed by atoms with Gasteiger partial charge in [-0.25, -0.2) is 0 Å². The van der Waals surface area contributed by atoms with Crippen molar-refractivity contribution in [2.45, 2.75) is 68.8 Å². The molecule has 0 nitrogen and oxygen atoms in total. The van der Waals surface area contributed by atoms with Gasteiger partial charge < -0.3 is 24.8 Å². The van der Waals surface area contributed by atoms with E-state index in [0.29, 0.717) is 3.63 Å². The fraction of sp³-hybridized carbons (Fsp3) is 0.481. The van der Waals surface area contributed by atoms with Gasteiger partial charge in [-0.05, 0) is 0 Å². The average molecular weight is 554 g/mol. The van der Waals surface area contributed by atoms with Crippen LogP contribution in [0.15, 0.2) is 53.8 Å². The summed E-state index contributed by atoms with van der Waals surface area (Å²) in [4.78, 5) is 0. The van der Waals surface area contributed by atoms with E-state index in [-0.39, 0.29) is 32.7 Å². The molecule has 0 aromatic heterocycles. The molecule has 0 saturated heterocycles. The van der Waals surface area contributed by atoms with Crippen molar-refractivity contribution in [1.82, 2.24) is 0 Å². The van der Waals surface area contributed by atoms with Gasteiger partial charge >= 0.3 is 196 Å². The normalized spacial score (nSPS) is 14.6. The largest absolute Gasteiger partial charge is 1.00 e. The molecule has 2 aromatic carbocycles. The number of hydrogen-bond acceptors (Lipinski definition) is 0. The van der Waals surface area contributed by atoms with Crippen molar-refractivity contribution in [3.63, 3.8) is 0 Å². The van der Waals surface area contributed by atoms with Gasteiger partial charge in [0.2, 0.25) is 0 Å². The number of unbranched alkanes of at least 4 members (excludes halogenated alkanes) is 6. The molecule has 1 atom stereocenters. The van der Waals surface area contributed by atoms with Gasteiger partial charge in [0.1, 0.15) is 0 Å². The van der Waals surface area contributed by atoms with Crippen LogP contribution in [0.4, 0.5) is 0 Å². The maximum Gasteiger partial charge on any atom is -1.00 e. The van der Waals surface area contributed by atoms with Crippen LogP contribution in [0.2, 0.25) is 0 Å². The van der Waals surface area contributed by atoms with Crippen LogP contribution in [0, 0.1) is 0 Å². The zero-order valence-electron chi connectivity index (χ0n) is 19.0. The first-order chi connectivity index (χ1) is 14.3. The van der Waals surface area contributed by atoms with E-state index in [0.717, 1.165) is 0 Å². The zero-order chi connectivity index (χ0) is 20.5. The van der Waals surface area contributed by atoms with Crippen molar-refractivity contribution in [3.8, 4) is 11.1 Å². The van der Waals surface area contributed by atoms with Gasteiger partial charge in [-0.15, -0.1) is 0 Å².